The molecule has 0 aliphatic carbocycles. The first-order valence-electron chi connectivity index (χ1n) is 8.32. The Balaban J connectivity index is 1.87. The summed E-state index contributed by atoms with van der Waals surface area (Å²) < 4.78 is 5.67. The quantitative estimate of drug-likeness (QED) is 0.877. The van der Waals surface area contributed by atoms with E-state index >= 15 is 0 Å². The Morgan fingerprint density at radius 3 is 2.33 bits per heavy atom. The van der Waals surface area contributed by atoms with Crippen LogP contribution >= 0.6 is 0 Å². The van der Waals surface area contributed by atoms with Crippen molar-refractivity contribution in [1.29, 1.82) is 0 Å². The number of nitrogens with zero attached hydrogens (tertiary/aromatic N) is 2. The molecule has 6 heteroatoms. The topological polar surface area (TPSA) is 61.9 Å². The van der Waals surface area contributed by atoms with Crippen molar-refractivity contribution in [2.24, 2.45) is 0 Å². The number of carbonyl (C=O) groups is 2. The van der Waals surface area contributed by atoms with Gasteiger partial charge < -0.3 is 15.0 Å². The van der Waals surface area contributed by atoms with E-state index in [1.807, 2.05) is 42.8 Å². The van der Waals surface area contributed by atoms with Gasteiger partial charge in [-0.15, -0.1) is 0 Å². The zero-order valence-electron chi connectivity index (χ0n) is 14.9. The molecule has 0 bridgehead atoms. The zero-order valence-corrected chi connectivity index (χ0v) is 14.9. The van der Waals surface area contributed by atoms with E-state index in [-0.39, 0.29) is 24.0 Å². The molecule has 1 fully saturated rings. The molecule has 1 aliphatic rings. The van der Waals surface area contributed by atoms with Crippen LogP contribution in [0.25, 0.3) is 0 Å². The van der Waals surface area contributed by atoms with Crippen LogP contribution in [-0.4, -0.2) is 67.6 Å². The van der Waals surface area contributed by atoms with Gasteiger partial charge >= 0.3 is 0 Å². The summed E-state index contributed by atoms with van der Waals surface area (Å²) in [7, 11) is 3.54. The maximum atomic E-state index is 12.4. The number of hydrogen-bond acceptors (Lipinski definition) is 4. The molecule has 2 atom stereocenters. The summed E-state index contributed by atoms with van der Waals surface area (Å²) >= 11 is 0. The van der Waals surface area contributed by atoms with Crippen molar-refractivity contribution in [2.75, 3.05) is 33.7 Å². The average molecular weight is 333 g/mol. The van der Waals surface area contributed by atoms with E-state index in [1.54, 1.807) is 19.2 Å². The van der Waals surface area contributed by atoms with Gasteiger partial charge in [-0.2, -0.15) is 0 Å². The van der Waals surface area contributed by atoms with Crippen LogP contribution < -0.4 is 5.32 Å². The third kappa shape index (κ3) is 5.04. The van der Waals surface area contributed by atoms with Crippen molar-refractivity contribution < 1.29 is 14.3 Å². The number of ether oxygens (including phenoxy) is 1. The van der Waals surface area contributed by atoms with Crippen LogP contribution in [-0.2, 0) is 16.1 Å². The van der Waals surface area contributed by atoms with Gasteiger partial charge in [-0.05, 0) is 38.6 Å². The van der Waals surface area contributed by atoms with E-state index in [2.05, 4.69) is 5.32 Å². The average Bonchev–Trinajstić information content (AvgIpc) is 2.53. The number of carbonyl (C=O) groups excluding carboxylic acids is 2. The Morgan fingerprint density at radius 2 is 1.79 bits per heavy atom. The molecule has 0 aromatic heterocycles. The molecule has 2 unspecified atom stereocenters. The summed E-state index contributed by atoms with van der Waals surface area (Å²) in [6.45, 7) is 6.32. The highest BCUT2D eigenvalue weighted by molar-refractivity contribution is 5.93. The SMILES string of the molecule is CNC(=O)c1ccc(CN(C)CC(=O)N2CC(C)OC(C)C2)cc1. The maximum Gasteiger partial charge on any atom is 0.251 e. The van der Waals surface area contributed by atoms with E-state index in [0.29, 0.717) is 31.7 Å². The van der Waals surface area contributed by atoms with Gasteiger partial charge in [0.1, 0.15) is 0 Å². The lowest BCUT2D eigenvalue weighted by Gasteiger charge is -2.36. The van der Waals surface area contributed by atoms with Gasteiger partial charge in [0, 0.05) is 32.2 Å². The van der Waals surface area contributed by atoms with Crippen LogP contribution in [0.4, 0.5) is 0 Å². The van der Waals surface area contributed by atoms with E-state index in [9.17, 15) is 9.59 Å². The highest BCUT2D eigenvalue weighted by Crippen LogP contribution is 2.12. The van der Waals surface area contributed by atoms with E-state index in [4.69, 9.17) is 4.74 Å². The summed E-state index contributed by atoms with van der Waals surface area (Å²) in [5, 5.41) is 2.60. The van der Waals surface area contributed by atoms with Crippen LogP contribution in [0.15, 0.2) is 24.3 Å². The molecule has 24 heavy (non-hydrogen) atoms. The molecule has 1 N–H and O–H groups in total. The van der Waals surface area contributed by atoms with Crippen molar-refractivity contribution in [1.82, 2.24) is 15.1 Å². The van der Waals surface area contributed by atoms with Gasteiger partial charge in [0.2, 0.25) is 5.91 Å². The summed E-state index contributed by atoms with van der Waals surface area (Å²) in [6.07, 6.45) is 0.167. The summed E-state index contributed by atoms with van der Waals surface area (Å²) in [6, 6.07) is 7.44. The lowest BCUT2D eigenvalue weighted by atomic mass is 10.1. The highest BCUT2D eigenvalue weighted by atomic mass is 16.5. The Morgan fingerprint density at radius 1 is 1.21 bits per heavy atom. The lowest BCUT2D eigenvalue weighted by Crippen LogP contribution is -2.50. The third-order valence-electron chi connectivity index (χ3n) is 4.07. The van der Waals surface area contributed by atoms with Crippen molar-refractivity contribution in [3.63, 3.8) is 0 Å². The number of morpholine rings is 1. The van der Waals surface area contributed by atoms with Gasteiger partial charge in [-0.25, -0.2) is 0 Å². The molecule has 1 aliphatic heterocycles. The van der Waals surface area contributed by atoms with Crippen molar-refractivity contribution in [3.05, 3.63) is 35.4 Å². The van der Waals surface area contributed by atoms with Crippen LogP contribution in [0.2, 0.25) is 0 Å². The Kier molecular flexibility index (Phi) is 6.34. The molecule has 6 nitrogen and oxygen atoms in total. The largest absolute Gasteiger partial charge is 0.372 e. The fourth-order valence-corrected chi connectivity index (χ4v) is 2.99. The minimum absolute atomic E-state index is 0.0836. The predicted octanol–water partition coefficient (Wildman–Crippen LogP) is 1.11. The normalized spacial score (nSPS) is 21.0. The summed E-state index contributed by atoms with van der Waals surface area (Å²) in [5.74, 6) is 0.0297. The Bertz CT molecular complexity index is 563. The molecule has 2 amide bonds. The summed E-state index contributed by atoms with van der Waals surface area (Å²) in [4.78, 5) is 27.9. The Hall–Kier alpha value is -1.92. The van der Waals surface area contributed by atoms with Crippen LogP contribution in [0, 0.1) is 0 Å². The van der Waals surface area contributed by atoms with Crippen LogP contribution in [0.3, 0.4) is 0 Å². The first-order valence-corrected chi connectivity index (χ1v) is 8.32. The molecule has 0 spiro atoms. The number of benzene rings is 1. The first kappa shape index (κ1) is 18.4. The van der Waals surface area contributed by atoms with Gasteiger partial charge in [-0.3, -0.25) is 14.5 Å². The molecular weight excluding hydrogens is 306 g/mol. The predicted molar refractivity (Wildman–Crippen MR) is 92.8 cm³/mol. The zero-order chi connectivity index (χ0) is 17.7. The standard InChI is InChI=1S/C18H27N3O3/c1-13-9-21(10-14(2)24-13)17(22)12-20(4)11-15-5-7-16(8-6-15)18(23)19-3/h5-8,13-14H,9-12H2,1-4H3,(H,19,23). The first-order chi connectivity index (χ1) is 11.4. The molecule has 0 saturated carbocycles. The molecule has 1 saturated heterocycles. The van der Waals surface area contributed by atoms with Gasteiger partial charge in [-0.1, -0.05) is 12.1 Å². The van der Waals surface area contributed by atoms with Crippen molar-refractivity contribution >= 4 is 11.8 Å². The van der Waals surface area contributed by atoms with E-state index in [0.717, 1.165) is 5.56 Å². The van der Waals surface area contributed by atoms with E-state index in [1.165, 1.54) is 0 Å². The monoisotopic (exact) mass is 333 g/mol. The van der Waals surface area contributed by atoms with Gasteiger partial charge in [0.15, 0.2) is 0 Å². The second kappa shape index (κ2) is 8.26. The number of nitrogens with one attached hydrogen (secondary N) is 1. The van der Waals surface area contributed by atoms with Crippen molar-refractivity contribution in [2.45, 2.75) is 32.6 Å². The molecule has 2 rings (SSSR count). The smallest absolute Gasteiger partial charge is 0.251 e. The molecular formula is C18H27N3O3. The number of likely N-dealkylation sites (N-methyl/N-ethyl adjacent to an activating group) is 1. The summed E-state index contributed by atoms with van der Waals surface area (Å²) in [5.41, 5.74) is 1.71. The molecule has 0 radical (unpaired) electrons. The van der Waals surface area contributed by atoms with Crippen LogP contribution in [0.1, 0.15) is 29.8 Å². The maximum absolute atomic E-state index is 12.4. The van der Waals surface area contributed by atoms with Crippen LogP contribution in [0.5, 0.6) is 0 Å². The lowest BCUT2D eigenvalue weighted by molar-refractivity contribution is -0.144. The molecule has 1 heterocycles. The fraction of sp³-hybridized carbons (Fsp3) is 0.556. The molecule has 1 aromatic rings. The molecule has 132 valence electrons. The number of rotatable bonds is 5. The number of hydrogen-bond donors (Lipinski definition) is 1. The van der Waals surface area contributed by atoms with Gasteiger partial charge in [0.05, 0.1) is 18.8 Å². The van der Waals surface area contributed by atoms with E-state index < -0.39 is 0 Å². The van der Waals surface area contributed by atoms with Gasteiger partial charge in [0.25, 0.3) is 5.91 Å². The third-order valence-corrected chi connectivity index (χ3v) is 4.07. The number of amides is 2. The highest BCUT2D eigenvalue weighted by Gasteiger charge is 2.26. The second-order valence-electron chi connectivity index (χ2n) is 6.50. The van der Waals surface area contributed by atoms with Crippen molar-refractivity contribution in [3.8, 4) is 0 Å². The Labute approximate surface area is 143 Å². The minimum Gasteiger partial charge on any atom is -0.372 e. The minimum atomic E-state index is -0.0966. The second-order valence-corrected chi connectivity index (χ2v) is 6.50. The fourth-order valence-electron chi connectivity index (χ4n) is 2.99. The molecule has 1 aromatic carbocycles.